The summed E-state index contributed by atoms with van der Waals surface area (Å²) in [6.07, 6.45) is -3.16. The number of Topliss-reactive ketones (excluding diaryl/α,β-unsaturated/α-hetero) is 1. The topological polar surface area (TPSA) is 67.2 Å². The van der Waals surface area contributed by atoms with E-state index in [1.807, 2.05) is 0 Å². The molecule has 1 aliphatic heterocycles. The minimum absolute atomic E-state index is 0.277. The number of ketones is 1. The quantitative estimate of drug-likeness (QED) is 0.831. The number of alkyl halides is 2. The predicted molar refractivity (Wildman–Crippen MR) is 76.2 cm³/mol. The SMILES string of the molecule is N=S1(=O)CC(=O)c2c1ccc(Oc1cc(F)cc(F)c1)c2C(F)F. The molecular weight excluding hydrogens is 350 g/mol. The van der Waals surface area contributed by atoms with Crippen LogP contribution < -0.4 is 4.74 Å². The number of fused-ring (bicyclic) bond motifs is 1. The molecule has 1 heterocycles. The van der Waals surface area contributed by atoms with Crippen LogP contribution in [0.25, 0.3) is 0 Å². The van der Waals surface area contributed by atoms with Crippen LogP contribution >= 0.6 is 0 Å². The second-order valence-corrected chi connectivity index (χ2v) is 7.18. The molecule has 0 fully saturated rings. The van der Waals surface area contributed by atoms with E-state index in [-0.39, 0.29) is 10.6 Å². The number of ether oxygens (including phenoxy) is 1. The highest BCUT2D eigenvalue weighted by Crippen LogP contribution is 2.41. The number of halogens is 4. The van der Waals surface area contributed by atoms with Crippen LogP contribution in [-0.4, -0.2) is 15.7 Å². The van der Waals surface area contributed by atoms with Gasteiger partial charge in [0.1, 0.15) is 23.1 Å². The molecule has 0 spiro atoms. The molecule has 3 rings (SSSR count). The fraction of sp³-hybridized carbons (Fsp3) is 0.133. The lowest BCUT2D eigenvalue weighted by atomic mass is 10.0. The molecule has 9 heteroatoms. The first-order valence-electron chi connectivity index (χ1n) is 6.58. The summed E-state index contributed by atoms with van der Waals surface area (Å²) in [6, 6.07) is 4.27. The van der Waals surface area contributed by atoms with Crippen LogP contribution in [0.15, 0.2) is 35.2 Å². The van der Waals surface area contributed by atoms with Crippen molar-refractivity contribution in [3.63, 3.8) is 0 Å². The minimum atomic E-state index is -3.47. The second-order valence-electron chi connectivity index (χ2n) is 5.10. The van der Waals surface area contributed by atoms with Gasteiger partial charge in [-0.15, -0.1) is 0 Å². The number of carbonyl (C=O) groups is 1. The molecule has 0 aromatic heterocycles. The highest BCUT2D eigenvalue weighted by atomic mass is 32.2. The van der Waals surface area contributed by atoms with E-state index in [1.54, 1.807) is 0 Å². The van der Waals surface area contributed by atoms with Crippen molar-refractivity contribution in [3.8, 4) is 11.5 Å². The van der Waals surface area contributed by atoms with Crippen LogP contribution in [0.4, 0.5) is 17.6 Å². The third kappa shape index (κ3) is 2.75. The van der Waals surface area contributed by atoms with Crippen molar-refractivity contribution in [2.45, 2.75) is 11.3 Å². The normalized spacial score (nSPS) is 19.6. The molecule has 0 aliphatic carbocycles. The first-order valence-corrected chi connectivity index (χ1v) is 8.30. The fourth-order valence-electron chi connectivity index (χ4n) is 2.50. The lowest BCUT2D eigenvalue weighted by Crippen LogP contribution is -2.05. The zero-order chi connectivity index (χ0) is 17.6. The maximum absolute atomic E-state index is 13.4. The number of benzene rings is 2. The Morgan fingerprint density at radius 1 is 1.12 bits per heavy atom. The van der Waals surface area contributed by atoms with Gasteiger partial charge in [-0.1, -0.05) is 0 Å². The molecule has 24 heavy (non-hydrogen) atoms. The number of rotatable bonds is 3. The third-order valence-corrected chi connectivity index (χ3v) is 5.14. The monoisotopic (exact) mass is 359 g/mol. The average molecular weight is 359 g/mol. The highest BCUT2D eigenvalue weighted by molar-refractivity contribution is 7.93. The molecule has 0 bridgehead atoms. The number of nitrogens with one attached hydrogen (secondary N) is 1. The zero-order valence-corrected chi connectivity index (χ0v) is 12.6. The summed E-state index contributed by atoms with van der Waals surface area (Å²) in [5.74, 6) is -4.31. The van der Waals surface area contributed by atoms with E-state index in [1.165, 1.54) is 0 Å². The molecule has 4 nitrogen and oxygen atoms in total. The van der Waals surface area contributed by atoms with Crippen LogP contribution in [0.2, 0.25) is 0 Å². The van der Waals surface area contributed by atoms with Crippen LogP contribution in [-0.2, 0) is 9.73 Å². The Morgan fingerprint density at radius 2 is 1.75 bits per heavy atom. The van der Waals surface area contributed by atoms with E-state index in [0.717, 1.165) is 24.3 Å². The first kappa shape index (κ1) is 16.4. The lowest BCUT2D eigenvalue weighted by molar-refractivity contribution is 0.100. The van der Waals surface area contributed by atoms with E-state index in [2.05, 4.69) is 0 Å². The summed E-state index contributed by atoms with van der Waals surface area (Å²) < 4.78 is 78.0. The summed E-state index contributed by atoms with van der Waals surface area (Å²) in [4.78, 5) is 11.6. The summed E-state index contributed by atoms with van der Waals surface area (Å²) in [7, 11) is -3.47. The fourth-order valence-corrected chi connectivity index (χ4v) is 4.01. The Morgan fingerprint density at radius 3 is 2.33 bits per heavy atom. The van der Waals surface area contributed by atoms with Gasteiger partial charge in [0, 0.05) is 23.8 Å². The van der Waals surface area contributed by atoms with Crippen molar-refractivity contribution in [3.05, 3.63) is 53.1 Å². The average Bonchev–Trinajstić information content (AvgIpc) is 2.67. The van der Waals surface area contributed by atoms with Gasteiger partial charge in [-0.3, -0.25) is 4.79 Å². The van der Waals surface area contributed by atoms with Gasteiger partial charge in [-0.05, 0) is 12.1 Å². The largest absolute Gasteiger partial charge is 0.457 e. The Hall–Kier alpha value is -2.42. The van der Waals surface area contributed by atoms with Crippen molar-refractivity contribution < 1.29 is 31.3 Å². The summed E-state index contributed by atoms with van der Waals surface area (Å²) >= 11 is 0. The lowest BCUT2D eigenvalue weighted by Gasteiger charge is -2.14. The third-order valence-electron chi connectivity index (χ3n) is 3.42. The summed E-state index contributed by atoms with van der Waals surface area (Å²) in [6.45, 7) is 0. The zero-order valence-electron chi connectivity index (χ0n) is 11.8. The summed E-state index contributed by atoms with van der Waals surface area (Å²) in [5, 5.41) is 0. The molecule has 126 valence electrons. The minimum Gasteiger partial charge on any atom is -0.457 e. The number of hydrogen-bond donors (Lipinski definition) is 1. The molecule has 1 unspecified atom stereocenters. The molecule has 1 aliphatic rings. The molecule has 0 saturated carbocycles. The van der Waals surface area contributed by atoms with E-state index < -0.39 is 56.2 Å². The molecule has 2 aromatic carbocycles. The standard InChI is InChI=1S/C15H9F4NO3S/c16-7-3-8(17)5-9(4-7)23-11-1-2-12-13(14(11)15(18)19)10(21)6-24(12,20)22/h1-5,15,20H,6H2. The van der Waals surface area contributed by atoms with Crippen molar-refractivity contribution in [2.24, 2.45) is 0 Å². The Balaban J connectivity index is 2.16. The van der Waals surface area contributed by atoms with Crippen LogP contribution in [0.3, 0.4) is 0 Å². The molecule has 1 N–H and O–H groups in total. The van der Waals surface area contributed by atoms with E-state index in [0.29, 0.717) is 6.07 Å². The van der Waals surface area contributed by atoms with Gasteiger partial charge < -0.3 is 4.74 Å². The summed E-state index contributed by atoms with van der Waals surface area (Å²) in [5.41, 5.74) is -1.35. The van der Waals surface area contributed by atoms with Crippen molar-refractivity contribution in [1.29, 1.82) is 4.78 Å². The van der Waals surface area contributed by atoms with Crippen molar-refractivity contribution in [1.82, 2.24) is 0 Å². The van der Waals surface area contributed by atoms with E-state index >= 15 is 0 Å². The van der Waals surface area contributed by atoms with Crippen LogP contribution in [0.5, 0.6) is 11.5 Å². The maximum atomic E-state index is 13.4. The van der Waals surface area contributed by atoms with Gasteiger partial charge >= 0.3 is 0 Å². The maximum Gasteiger partial charge on any atom is 0.268 e. The predicted octanol–water partition coefficient (Wildman–Crippen LogP) is 4.30. The molecule has 0 saturated heterocycles. The number of carbonyl (C=O) groups excluding carboxylic acids is 1. The van der Waals surface area contributed by atoms with Gasteiger partial charge in [-0.2, -0.15) is 0 Å². The highest BCUT2D eigenvalue weighted by Gasteiger charge is 2.37. The van der Waals surface area contributed by atoms with E-state index in [4.69, 9.17) is 9.52 Å². The molecule has 0 amide bonds. The Kier molecular flexibility index (Phi) is 3.83. The van der Waals surface area contributed by atoms with Crippen molar-refractivity contribution >= 4 is 15.5 Å². The van der Waals surface area contributed by atoms with Gasteiger partial charge in [0.05, 0.1) is 25.9 Å². The van der Waals surface area contributed by atoms with Crippen molar-refractivity contribution in [2.75, 3.05) is 5.75 Å². The molecule has 1 atom stereocenters. The smallest absolute Gasteiger partial charge is 0.268 e. The molecule has 0 radical (unpaired) electrons. The van der Waals surface area contributed by atoms with Gasteiger partial charge in [0.2, 0.25) is 0 Å². The second kappa shape index (κ2) is 5.59. The Labute approximate surface area is 134 Å². The first-order chi connectivity index (χ1) is 11.2. The van der Waals surface area contributed by atoms with Gasteiger partial charge in [-0.25, -0.2) is 26.6 Å². The van der Waals surface area contributed by atoms with Crippen LogP contribution in [0.1, 0.15) is 22.3 Å². The van der Waals surface area contributed by atoms with Gasteiger partial charge in [0.15, 0.2) is 5.78 Å². The van der Waals surface area contributed by atoms with Crippen LogP contribution in [0, 0.1) is 16.4 Å². The number of hydrogen-bond acceptors (Lipinski definition) is 4. The van der Waals surface area contributed by atoms with Gasteiger partial charge in [0.25, 0.3) is 6.43 Å². The molecular formula is C15H9F4NO3S. The molecule has 2 aromatic rings. The van der Waals surface area contributed by atoms with E-state index in [9.17, 15) is 26.6 Å². The Bertz CT molecular complexity index is 937.